The van der Waals surface area contributed by atoms with Gasteiger partial charge >= 0.3 is 5.97 Å². The number of benzene rings is 1. The molecule has 26 heavy (non-hydrogen) atoms. The second-order valence-corrected chi connectivity index (χ2v) is 8.15. The lowest BCUT2D eigenvalue weighted by Crippen LogP contribution is -2.47. The normalized spacial score (nSPS) is 17.2. The van der Waals surface area contributed by atoms with Gasteiger partial charge in [-0.2, -0.15) is 11.8 Å². The maximum absolute atomic E-state index is 12.9. The SMILES string of the molecule is Cc1cc(C(=O)N2CCSCC2CC(=O)O)ccc1NC(=O)CC(C)C. The van der Waals surface area contributed by atoms with E-state index in [-0.39, 0.29) is 30.2 Å². The van der Waals surface area contributed by atoms with Crippen LogP contribution in [0.5, 0.6) is 0 Å². The van der Waals surface area contributed by atoms with Gasteiger partial charge in [0.25, 0.3) is 5.91 Å². The molecule has 1 aliphatic heterocycles. The Bertz CT molecular complexity index is 690. The van der Waals surface area contributed by atoms with Gasteiger partial charge in [0.1, 0.15) is 0 Å². The summed E-state index contributed by atoms with van der Waals surface area (Å²) in [4.78, 5) is 37.5. The molecule has 2 N–H and O–H groups in total. The van der Waals surface area contributed by atoms with Crippen LogP contribution in [0.1, 0.15) is 42.6 Å². The molecule has 1 atom stereocenters. The first-order valence-electron chi connectivity index (χ1n) is 8.79. The topological polar surface area (TPSA) is 86.7 Å². The number of nitrogens with zero attached hydrogens (tertiary/aromatic N) is 1. The van der Waals surface area contributed by atoms with Crippen LogP contribution in [0.25, 0.3) is 0 Å². The summed E-state index contributed by atoms with van der Waals surface area (Å²) >= 11 is 1.67. The molecule has 1 aromatic rings. The van der Waals surface area contributed by atoms with Gasteiger partial charge < -0.3 is 15.3 Å². The number of aliphatic carboxylic acids is 1. The fourth-order valence-corrected chi connectivity index (χ4v) is 4.03. The number of carbonyl (C=O) groups is 3. The second-order valence-electron chi connectivity index (χ2n) is 7.00. The molecule has 2 rings (SSSR count). The molecule has 1 aliphatic rings. The highest BCUT2D eigenvalue weighted by molar-refractivity contribution is 7.99. The summed E-state index contributed by atoms with van der Waals surface area (Å²) in [5.74, 6) is 0.635. The third kappa shape index (κ3) is 5.49. The lowest BCUT2D eigenvalue weighted by Gasteiger charge is -2.34. The average Bonchev–Trinajstić information content (AvgIpc) is 2.55. The van der Waals surface area contributed by atoms with Gasteiger partial charge in [-0.15, -0.1) is 0 Å². The minimum Gasteiger partial charge on any atom is -0.481 e. The predicted molar refractivity (Wildman–Crippen MR) is 104 cm³/mol. The lowest BCUT2D eigenvalue weighted by atomic mass is 10.1. The molecule has 0 aromatic heterocycles. The molecule has 1 unspecified atom stereocenters. The Morgan fingerprint density at radius 1 is 1.35 bits per heavy atom. The zero-order valence-corrected chi connectivity index (χ0v) is 16.3. The fourth-order valence-electron chi connectivity index (χ4n) is 2.97. The predicted octanol–water partition coefficient (Wildman–Crippen LogP) is 3.01. The number of aryl methyl sites for hydroxylation is 1. The van der Waals surface area contributed by atoms with Gasteiger partial charge in [-0.25, -0.2) is 0 Å². The van der Waals surface area contributed by atoms with Crippen molar-refractivity contribution in [2.45, 2.75) is 39.7 Å². The molecule has 1 fully saturated rings. The first-order chi connectivity index (χ1) is 12.3. The Balaban J connectivity index is 2.12. The van der Waals surface area contributed by atoms with Crippen LogP contribution >= 0.6 is 11.8 Å². The van der Waals surface area contributed by atoms with Crippen LogP contribution in [0.4, 0.5) is 5.69 Å². The van der Waals surface area contributed by atoms with Crippen molar-refractivity contribution in [2.24, 2.45) is 5.92 Å². The van der Waals surface area contributed by atoms with Crippen LogP contribution in [0, 0.1) is 12.8 Å². The van der Waals surface area contributed by atoms with E-state index in [2.05, 4.69) is 5.32 Å². The van der Waals surface area contributed by atoms with E-state index in [1.165, 1.54) is 0 Å². The summed E-state index contributed by atoms with van der Waals surface area (Å²) in [5.41, 5.74) is 2.03. The Kier molecular flexibility index (Phi) is 7.08. The Morgan fingerprint density at radius 3 is 2.69 bits per heavy atom. The summed E-state index contributed by atoms with van der Waals surface area (Å²) in [6.45, 7) is 6.37. The van der Waals surface area contributed by atoms with Gasteiger partial charge in [-0.3, -0.25) is 14.4 Å². The minimum absolute atomic E-state index is 0.0406. The maximum atomic E-state index is 12.9. The van der Waals surface area contributed by atoms with E-state index < -0.39 is 5.97 Å². The van der Waals surface area contributed by atoms with Crippen molar-refractivity contribution in [1.29, 1.82) is 0 Å². The van der Waals surface area contributed by atoms with E-state index in [1.807, 2.05) is 20.8 Å². The van der Waals surface area contributed by atoms with Gasteiger partial charge in [0.15, 0.2) is 0 Å². The highest BCUT2D eigenvalue weighted by Crippen LogP contribution is 2.23. The van der Waals surface area contributed by atoms with Crippen molar-refractivity contribution in [2.75, 3.05) is 23.4 Å². The molecule has 0 bridgehead atoms. The molecule has 0 spiro atoms. The number of carboxylic acids is 1. The Hall–Kier alpha value is -2.02. The van der Waals surface area contributed by atoms with Crippen molar-refractivity contribution in [3.05, 3.63) is 29.3 Å². The third-order valence-electron chi connectivity index (χ3n) is 4.24. The Labute approximate surface area is 158 Å². The summed E-state index contributed by atoms with van der Waals surface area (Å²) in [6, 6.07) is 4.91. The molecular formula is C19H26N2O4S. The standard InChI is InChI=1S/C19H26N2O4S/c1-12(2)8-17(22)20-16-5-4-14(9-13(16)3)19(25)21-6-7-26-11-15(21)10-18(23)24/h4-5,9,12,15H,6-8,10-11H2,1-3H3,(H,20,22)(H,23,24). The molecule has 2 amide bonds. The molecule has 7 heteroatoms. The molecule has 1 heterocycles. The van der Waals surface area contributed by atoms with Crippen molar-refractivity contribution < 1.29 is 19.5 Å². The summed E-state index contributed by atoms with van der Waals surface area (Å²) in [6.07, 6.45) is 0.406. The summed E-state index contributed by atoms with van der Waals surface area (Å²) in [5, 5.41) is 12.0. The van der Waals surface area contributed by atoms with E-state index in [1.54, 1.807) is 34.9 Å². The van der Waals surface area contributed by atoms with Crippen LogP contribution in [0.15, 0.2) is 18.2 Å². The minimum atomic E-state index is -0.894. The summed E-state index contributed by atoms with van der Waals surface area (Å²) in [7, 11) is 0. The molecule has 0 aliphatic carbocycles. The van der Waals surface area contributed by atoms with Crippen LogP contribution in [0.2, 0.25) is 0 Å². The Morgan fingerprint density at radius 2 is 2.08 bits per heavy atom. The highest BCUT2D eigenvalue weighted by atomic mass is 32.2. The average molecular weight is 378 g/mol. The molecule has 1 aromatic carbocycles. The number of rotatable bonds is 6. The molecule has 0 radical (unpaired) electrons. The first kappa shape index (κ1) is 20.3. The number of amides is 2. The molecule has 142 valence electrons. The number of carboxylic acid groups (broad SMARTS) is 1. The number of anilines is 1. The van der Waals surface area contributed by atoms with E-state index in [9.17, 15) is 14.4 Å². The van der Waals surface area contributed by atoms with E-state index in [4.69, 9.17) is 5.11 Å². The van der Waals surface area contributed by atoms with Crippen LogP contribution in [0.3, 0.4) is 0 Å². The van der Waals surface area contributed by atoms with Crippen molar-refractivity contribution in [3.63, 3.8) is 0 Å². The van der Waals surface area contributed by atoms with E-state index in [0.717, 1.165) is 11.3 Å². The third-order valence-corrected chi connectivity index (χ3v) is 5.33. The first-order valence-corrected chi connectivity index (χ1v) is 9.94. The molecule has 0 saturated carbocycles. The zero-order chi connectivity index (χ0) is 19.3. The van der Waals surface area contributed by atoms with Gasteiger partial charge in [-0.1, -0.05) is 13.8 Å². The molecule has 6 nitrogen and oxygen atoms in total. The number of hydrogen-bond donors (Lipinski definition) is 2. The van der Waals surface area contributed by atoms with Gasteiger partial charge in [0, 0.05) is 35.7 Å². The number of thioether (sulfide) groups is 1. The number of nitrogens with one attached hydrogen (secondary N) is 1. The monoisotopic (exact) mass is 378 g/mol. The van der Waals surface area contributed by atoms with Gasteiger partial charge in [0.05, 0.1) is 12.5 Å². The largest absolute Gasteiger partial charge is 0.481 e. The van der Waals surface area contributed by atoms with Gasteiger partial charge in [-0.05, 0) is 36.6 Å². The van der Waals surface area contributed by atoms with Crippen molar-refractivity contribution >= 4 is 35.2 Å². The quantitative estimate of drug-likeness (QED) is 0.795. The van der Waals surface area contributed by atoms with Crippen molar-refractivity contribution in [3.8, 4) is 0 Å². The van der Waals surface area contributed by atoms with Crippen LogP contribution < -0.4 is 5.32 Å². The maximum Gasteiger partial charge on any atom is 0.305 e. The van der Waals surface area contributed by atoms with Crippen LogP contribution in [-0.2, 0) is 9.59 Å². The molecular weight excluding hydrogens is 352 g/mol. The lowest BCUT2D eigenvalue weighted by molar-refractivity contribution is -0.138. The smallest absolute Gasteiger partial charge is 0.305 e. The zero-order valence-electron chi connectivity index (χ0n) is 15.4. The number of hydrogen-bond acceptors (Lipinski definition) is 4. The summed E-state index contributed by atoms with van der Waals surface area (Å²) < 4.78 is 0. The highest BCUT2D eigenvalue weighted by Gasteiger charge is 2.29. The van der Waals surface area contributed by atoms with E-state index in [0.29, 0.717) is 30.0 Å². The number of carbonyl (C=O) groups excluding carboxylic acids is 2. The van der Waals surface area contributed by atoms with Crippen molar-refractivity contribution in [1.82, 2.24) is 4.90 Å². The second kappa shape index (κ2) is 9.07. The molecule has 1 saturated heterocycles. The van der Waals surface area contributed by atoms with Gasteiger partial charge in [0.2, 0.25) is 5.91 Å². The van der Waals surface area contributed by atoms with Crippen LogP contribution in [-0.4, -0.2) is 51.9 Å². The fraction of sp³-hybridized carbons (Fsp3) is 0.526. The van der Waals surface area contributed by atoms with E-state index >= 15 is 0 Å².